The molecule has 4 aliphatic rings. The molecule has 3 amide bonds. The van der Waals surface area contributed by atoms with Gasteiger partial charge in [0.05, 0.1) is 25.4 Å². The number of benzene rings is 2. The average Bonchev–Trinajstić information content (AvgIpc) is 3.84. The highest BCUT2D eigenvalue weighted by Gasteiger charge is 2.36. The Morgan fingerprint density at radius 2 is 1.84 bits per heavy atom. The number of rotatable bonds is 4. The fraction of sp³-hybridized carbons (Fsp3) is 0.545. The van der Waals surface area contributed by atoms with Crippen molar-refractivity contribution in [2.24, 2.45) is 11.8 Å². The van der Waals surface area contributed by atoms with Crippen molar-refractivity contribution in [3.63, 3.8) is 0 Å². The fourth-order valence-electron chi connectivity index (χ4n) is 6.03. The lowest BCUT2D eigenvalue weighted by atomic mass is 9.93. The summed E-state index contributed by atoms with van der Waals surface area (Å²) in [4.78, 5) is 43.7. The summed E-state index contributed by atoms with van der Waals surface area (Å²) in [5, 5.41) is 5.98. The lowest BCUT2D eigenvalue weighted by Gasteiger charge is -2.41. The van der Waals surface area contributed by atoms with Gasteiger partial charge < -0.3 is 34.6 Å². The summed E-state index contributed by atoms with van der Waals surface area (Å²) in [5.41, 5.74) is 1.33. The number of amides is 3. The van der Waals surface area contributed by atoms with Crippen LogP contribution in [0.25, 0.3) is 0 Å². The van der Waals surface area contributed by atoms with Crippen LogP contribution in [0.2, 0.25) is 0 Å². The second kappa shape index (κ2) is 13.3. The molecule has 10 nitrogen and oxygen atoms in total. The third-order valence-corrected chi connectivity index (χ3v) is 8.84. The van der Waals surface area contributed by atoms with E-state index in [1.54, 1.807) is 18.2 Å². The van der Waals surface area contributed by atoms with E-state index < -0.39 is 0 Å². The lowest BCUT2D eigenvalue weighted by molar-refractivity contribution is -0.142. The molecule has 10 heteroatoms. The highest BCUT2D eigenvalue weighted by Crippen LogP contribution is 2.32. The summed E-state index contributed by atoms with van der Waals surface area (Å²) in [6, 6.07) is 12.5. The maximum atomic E-state index is 13.4. The van der Waals surface area contributed by atoms with Crippen LogP contribution in [0.15, 0.2) is 42.5 Å². The molecule has 0 aromatic heterocycles. The second-order valence-corrected chi connectivity index (χ2v) is 12.4. The third kappa shape index (κ3) is 7.86. The minimum absolute atomic E-state index is 0.0231. The molecule has 1 saturated carbocycles. The normalized spacial score (nSPS) is 24.2. The Hall–Kier alpha value is -3.63. The zero-order chi connectivity index (χ0) is 29.8. The summed E-state index contributed by atoms with van der Waals surface area (Å²) in [6.45, 7) is 3.97. The molecule has 3 fully saturated rings. The Morgan fingerprint density at radius 3 is 2.65 bits per heavy atom. The number of ether oxygens (including phenoxy) is 3. The number of hydrogen-bond donors (Lipinski definition) is 2. The molecule has 4 bridgehead atoms. The number of fused-ring (bicyclic) bond motifs is 5. The second-order valence-electron chi connectivity index (χ2n) is 12.4. The van der Waals surface area contributed by atoms with Crippen molar-refractivity contribution >= 4 is 17.7 Å². The SMILES string of the molecule is CN1CCC(C(=O)N2CC[C@H]3OCc4cccc(c4)Oc4cc(OCC5CC5)cc(c4)C(=O)NCCC(=O)N[C@H]3C2)CC1. The highest BCUT2D eigenvalue weighted by molar-refractivity contribution is 5.95. The smallest absolute Gasteiger partial charge is 0.251 e. The van der Waals surface area contributed by atoms with Gasteiger partial charge in [0, 0.05) is 43.6 Å². The number of piperidine rings is 2. The lowest BCUT2D eigenvalue weighted by Crippen LogP contribution is -2.58. The van der Waals surface area contributed by atoms with E-state index in [4.69, 9.17) is 14.2 Å². The summed E-state index contributed by atoms with van der Waals surface area (Å²) < 4.78 is 18.6. The predicted octanol–water partition coefficient (Wildman–Crippen LogP) is 3.35. The fourth-order valence-corrected chi connectivity index (χ4v) is 6.03. The summed E-state index contributed by atoms with van der Waals surface area (Å²) in [7, 11) is 2.09. The van der Waals surface area contributed by atoms with Crippen LogP contribution in [0.5, 0.6) is 17.2 Å². The van der Waals surface area contributed by atoms with E-state index >= 15 is 0 Å². The van der Waals surface area contributed by atoms with Crippen LogP contribution >= 0.6 is 0 Å². The van der Waals surface area contributed by atoms with Crippen LogP contribution < -0.4 is 20.1 Å². The Morgan fingerprint density at radius 1 is 1.00 bits per heavy atom. The maximum absolute atomic E-state index is 13.4. The molecule has 2 atom stereocenters. The van der Waals surface area contributed by atoms with Crippen LogP contribution in [-0.2, 0) is 20.9 Å². The van der Waals surface area contributed by atoms with Gasteiger partial charge in [0.25, 0.3) is 5.91 Å². The molecule has 2 N–H and O–H groups in total. The molecular weight excluding hydrogens is 548 g/mol. The molecule has 2 saturated heterocycles. The third-order valence-electron chi connectivity index (χ3n) is 8.84. The van der Waals surface area contributed by atoms with E-state index in [9.17, 15) is 14.4 Å². The Kier molecular flexibility index (Phi) is 9.14. The number of carbonyl (C=O) groups excluding carboxylic acids is 3. The van der Waals surface area contributed by atoms with Gasteiger partial charge in [-0.05, 0) is 88.0 Å². The molecule has 0 spiro atoms. The van der Waals surface area contributed by atoms with E-state index in [0.717, 1.165) is 44.3 Å². The van der Waals surface area contributed by atoms with Gasteiger partial charge >= 0.3 is 0 Å². The average molecular weight is 591 g/mol. The molecule has 43 heavy (non-hydrogen) atoms. The molecule has 0 radical (unpaired) electrons. The quantitative estimate of drug-likeness (QED) is 0.562. The number of carbonyl (C=O) groups is 3. The van der Waals surface area contributed by atoms with Crippen molar-refractivity contribution in [1.82, 2.24) is 20.4 Å². The summed E-state index contributed by atoms with van der Waals surface area (Å²) >= 11 is 0. The van der Waals surface area contributed by atoms with Crippen LogP contribution in [0.1, 0.15) is 54.4 Å². The number of hydrogen-bond acceptors (Lipinski definition) is 7. The van der Waals surface area contributed by atoms with Crippen LogP contribution in [0, 0.1) is 11.8 Å². The van der Waals surface area contributed by atoms with E-state index in [1.165, 1.54) is 0 Å². The minimum Gasteiger partial charge on any atom is -0.493 e. The van der Waals surface area contributed by atoms with Crippen LogP contribution in [-0.4, -0.2) is 86.0 Å². The molecule has 2 aromatic rings. The first-order chi connectivity index (χ1) is 20.9. The van der Waals surface area contributed by atoms with Gasteiger partial charge in [0.1, 0.15) is 17.2 Å². The number of nitrogens with one attached hydrogen (secondary N) is 2. The van der Waals surface area contributed by atoms with Crippen LogP contribution in [0.3, 0.4) is 0 Å². The maximum Gasteiger partial charge on any atom is 0.251 e. The Bertz CT molecular complexity index is 1320. The zero-order valence-electron chi connectivity index (χ0n) is 24.9. The Balaban J connectivity index is 1.18. The monoisotopic (exact) mass is 590 g/mol. The number of likely N-dealkylation sites (tertiary alicyclic amines) is 2. The van der Waals surface area contributed by atoms with Crippen molar-refractivity contribution < 1.29 is 28.6 Å². The van der Waals surface area contributed by atoms with Gasteiger partial charge in [-0.1, -0.05) is 12.1 Å². The largest absolute Gasteiger partial charge is 0.493 e. The molecule has 0 unspecified atom stereocenters. The van der Waals surface area contributed by atoms with E-state index in [-0.39, 0.29) is 48.8 Å². The molecule has 3 aliphatic heterocycles. The minimum atomic E-state index is -0.344. The van der Waals surface area contributed by atoms with E-state index in [0.29, 0.717) is 61.5 Å². The van der Waals surface area contributed by atoms with Crippen molar-refractivity contribution in [1.29, 1.82) is 0 Å². The van der Waals surface area contributed by atoms with Gasteiger partial charge in [0.15, 0.2) is 0 Å². The topological polar surface area (TPSA) is 109 Å². The summed E-state index contributed by atoms with van der Waals surface area (Å²) in [6.07, 6.45) is 4.53. The van der Waals surface area contributed by atoms with Crippen molar-refractivity contribution in [3.05, 3.63) is 53.6 Å². The molecule has 2 aromatic carbocycles. The van der Waals surface area contributed by atoms with Crippen molar-refractivity contribution in [2.45, 2.75) is 57.3 Å². The van der Waals surface area contributed by atoms with E-state index in [2.05, 4.69) is 22.6 Å². The van der Waals surface area contributed by atoms with Gasteiger partial charge in [-0.2, -0.15) is 0 Å². The van der Waals surface area contributed by atoms with Gasteiger partial charge in [0.2, 0.25) is 11.8 Å². The molecule has 6 rings (SSSR count). The standard InChI is InChI=1S/C33H42N4O6/c1-36-12-8-24(9-13-36)33(40)37-14-10-30-29(19-37)35-31(38)7-11-34-32(39)25-16-27(41-20-22-5-6-22)18-28(17-25)43-26-4-2-3-23(15-26)21-42-30/h2-4,15-18,22,24,29-30H,5-14,19-21H2,1H3,(H,34,39)(H,35,38)/t29-,30+/m0/s1. The highest BCUT2D eigenvalue weighted by atomic mass is 16.5. The first kappa shape index (κ1) is 29.4. The van der Waals surface area contributed by atoms with Crippen LogP contribution in [0.4, 0.5) is 0 Å². The van der Waals surface area contributed by atoms with Crippen molar-refractivity contribution in [3.8, 4) is 17.2 Å². The molecular formula is C33H42N4O6. The number of nitrogens with zero attached hydrogens (tertiary/aromatic N) is 2. The first-order valence-electron chi connectivity index (χ1n) is 15.6. The Labute approximate surface area is 253 Å². The first-order valence-corrected chi connectivity index (χ1v) is 15.6. The molecule has 3 heterocycles. The zero-order valence-corrected chi connectivity index (χ0v) is 24.9. The van der Waals surface area contributed by atoms with Gasteiger partial charge in [-0.15, -0.1) is 0 Å². The molecule has 1 aliphatic carbocycles. The van der Waals surface area contributed by atoms with Crippen molar-refractivity contribution in [2.75, 3.05) is 46.4 Å². The van der Waals surface area contributed by atoms with Gasteiger partial charge in [-0.25, -0.2) is 0 Å². The van der Waals surface area contributed by atoms with E-state index in [1.807, 2.05) is 29.2 Å². The van der Waals surface area contributed by atoms with Gasteiger partial charge in [-0.3, -0.25) is 14.4 Å². The summed E-state index contributed by atoms with van der Waals surface area (Å²) in [5.74, 6) is 1.96. The molecule has 230 valence electrons. The predicted molar refractivity (Wildman–Crippen MR) is 160 cm³/mol.